The summed E-state index contributed by atoms with van der Waals surface area (Å²) in [7, 11) is -6.04. The highest BCUT2D eigenvalue weighted by Gasteiger charge is 2.26. The van der Waals surface area contributed by atoms with E-state index in [4.69, 9.17) is 9.47 Å². The molecule has 12 heteroatoms. The minimum absolute atomic E-state index is 0.0245. The van der Waals surface area contributed by atoms with Gasteiger partial charge in [0, 0.05) is 25.3 Å². The lowest BCUT2D eigenvalue weighted by atomic mass is 10.2. The maximum atomic E-state index is 12.8. The van der Waals surface area contributed by atoms with Crippen LogP contribution in [-0.4, -0.2) is 67.0 Å². The number of ether oxygens (including phenoxy) is 2. The normalized spacial score (nSPS) is 15.3. The van der Waals surface area contributed by atoms with Gasteiger partial charge >= 0.3 is 0 Å². The molecular formula is C20H25N3O7S2. The van der Waals surface area contributed by atoms with Crippen LogP contribution in [-0.2, 0) is 24.8 Å². The maximum absolute atomic E-state index is 12.8. The third kappa shape index (κ3) is 5.27. The molecule has 2 aromatic carbocycles. The highest BCUT2D eigenvalue weighted by atomic mass is 32.2. The summed E-state index contributed by atoms with van der Waals surface area (Å²) in [5.41, 5.74) is 0.370. The lowest BCUT2D eigenvalue weighted by Crippen LogP contribution is -2.40. The zero-order chi connectivity index (χ0) is 23.4. The van der Waals surface area contributed by atoms with Gasteiger partial charge in [0.2, 0.25) is 20.0 Å². The van der Waals surface area contributed by atoms with Crippen molar-refractivity contribution in [2.75, 3.05) is 45.3 Å². The summed E-state index contributed by atoms with van der Waals surface area (Å²) in [5, 5.41) is 2.64. The monoisotopic (exact) mass is 483 g/mol. The molecule has 1 fully saturated rings. The highest BCUT2D eigenvalue weighted by Crippen LogP contribution is 2.25. The molecule has 0 aromatic heterocycles. The van der Waals surface area contributed by atoms with Crippen molar-refractivity contribution in [1.29, 1.82) is 0 Å². The smallest absolute Gasteiger partial charge is 0.259 e. The first-order chi connectivity index (χ1) is 15.2. The van der Waals surface area contributed by atoms with Crippen molar-refractivity contribution in [2.24, 2.45) is 0 Å². The predicted molar refractivity (Wildman–Crippen MR) is 118 cm³/mol. The number of sulfonamides is 2. The number of carbonyl (C=O) groups excluding carboxylic acids is 1. The number of anilines is 1. The van der Waals surface area contributed by atoms with E-state index in [9.17, 15) is 21.6 Å². The summed E-state index contributed by atoms with van der Waals surface area (Å²) >= 11 is 0. The van der Waals surface area contributed by atoms with E-state index in [1.54, 1.807) is 6.92 Å². The van der Waals surface area contributed by atoms with E-state index in [-0.39, 0.29) is 40.7 Å². The Morgan fingerprint density at radius 2 is 1.66 bits per heavy atom. The maximum Gasteiger partial charge on any atom is 0.259 e. The van der Waals surface area contributed by atoms with Gasteiger partial charge < -0.3 is 14.8 Å². The Balaban J connectivity index is 1.81. The van der Waals surface area contributed by atoms with E-state index >= 15 is 0 Å². The van der Waals surface area contributed by atoms with Crippen molar-refractivity contribution >= 4 is 31.6 Å². The van der Waals surface area contributed by atoms with Gasteiger partial charge in [0.25, 0.3) is 5.91 Å². The van der Waals surface area contributed by atoms with E-state index < -0.39 is 26.0 Å². The molecule has 0 saturated carbocycles. The van der Waals surface area contributed by atoms with Crippen molar-refractivity contribution in [1.82, 2.24) is 9.03 Å². The van der Waals surface area contributed by atoms with Gasteiger partial charge in [-0.25, -0.2) is 21.6 Å². The molecule has 1 amide bonds. The number of rotatable bonds is 8. The third-order valence-electron chi connectivity index (χ3n) is 4.78. The number of hydrogen-bond donors (Lipinski definition) is 2. The van der Waals surface area contributed by atoms with Crippen LogP contribution in [0.4, 0.5) is 5.69 Å². The van der Waals surface area contributed by atoms with Crippen LogP contribution in [0.25, 0.3) is 0 Å². The zero-order valence-corrected chi connectivity index (χ0v) is 19.3. The van der Waals surface area contributed by atoms with Gasteiger partial charge in [-0.1, -0.05) is 6.92 Å². The van der Waals surface area contributed by atoms with Gasteiger partial charge in [0.1, 0.15) is 5.75 Å². The second-order valence-electron chi connectivity index (χ2n) is 6.86. The fraction of sp³-hybridized carbons (Fsp3) is 0.350. The first-order valence-corrected chi connectivity index (χ1v) is 12.8. The van der Waals surface area contributed by atoms with Crippen LogP contribution in [0.5, 0.6) is 5.75 Å². The minimum Gasteiger partial charge on any atom is -0.496 e. The highest BCUT2D eigenvalue weighted by molar-refractivity contribution is 7.89. The van der Waals surface area contributed by atoms with Gasteiger partial charge in [0.05, 0.1) is 35.7 Å². The Hall–Kier alpha value is -2.51. The average molecular weight is 484 g/mol. The summed E-state index contributed by atoms with van der Waals surface area (Å²) in [6.07, 6.45) is 0. The molecule has 0 radical (unpaired) electrons. The number of carbonyl (C=O) groups is 1. The Morgan fingerprint density at radius 3 is 2.25 bits per heavy atom. The fourth-order valence-electron chi connectivity index (χ4n) is 3.15. The van der Waals surface area contributed by atoms with Crippen LogP contribution in [0, 0.1) is 0 Å². The van der Waals surface area contributed by atoms with Crippen molar-refractivity contribution in [3.63, 3.8) is 0 Å². The van der Waals surface area contributed by atoms with Crippen molar-refractivity contribution in [3.8, 4) is 5.75 Å². The Bertz CT molecular complexity index is 1170. The average Bonchev–Trinajstić information content (AvgIpc) is 2.79. The molecule has 1 saturated heterocycles. The second-order valence-corrected chi connectivity index (χ2v) is 10.6. The SMILES string of the molecule is CCNS(=O)(=O)c1ccc(OC)c(C(=O)Nc2ccc(S(=O)(=O)N3CCOCC3)cc2)c1. The summed E-state index contributed by atoms with van der Waals surface area (Å²) in [5.74, 6) is -0.399. The molecule has 1 aliphatic heterocycles. The van der Waals surface area contributed by atoms with Gasteiger partial charge in [-0.15, -0.1) is 0 Å². The Kier molecular flexibility index (Phi) is 7.51. The number of benzene rings is 2. The predicted octanol–water partition coefficient (Wildman–Crippen LogP) is 1.27. The summed E-state index contributed by atoms with van der Waals surface area (Å²) < 4.78 is 64.1. The van der Waals surface area contributed by atoms with E-state index in [0.717, 1.165) is 0 Å². The summed E-state index contributed by atoms with van der Waals surface area (Å²) in [4.78, 5) is 12.8. The van der Waals surface area contributed by atoms with Crippen molar-refractivity contribution < 1.29 is 31.1 Å². The summed E-state index contributed by atoms with van der Waals surface area (Å²) in [6, 6.07) is 9.72. The van der Waals surface area contributed by atoms with Crippen molar-refractivity contribution in [3.05, 3.63) is 48.0 Å². The number of morpholine rings is 1. The second kappa shape index (κ2) is 9.96. The molecule has 174 valence electrons. The molecule has 10 nitrogen and oxygen atoms in total. The molecule has 0 aliphatic carbocycles. The van der Waals surface area contributed by atoms with E-state index in [2.05, 4.69) is 10.0 Å². The van der Waals surface area contributed by atoms with Crippen molar-refractivity contribution in [2.45, 2.75) is 16.7 Å². The summed E-state index contributed by atoms with van der Waals surface area (Å²) in [6.45, 7) is 3.11. The van der Waals surface area contributed by atoms with Crippen LogP contribution in [0.15, 0.2) is 52.3 Å². The quantitative estimate of drug-likeness (QED) is 0.578. The van der Waals surface area contributed by atoms with Gasteiger partial charge in [-0.3, -0.25) is 4.79 Å². The van der Waals surface area contributed by atoms with Crippen LogP contribution in [0.1, 0.15) is 17.3 Å². The minimum atomic E-state index is -3.76. The Morgan fingerprint density at radius 1 is 1.03 bits per heavy atom. The van der Waals surface area contributed by atoms with Gasteiger partial charge in [0.15, 0.2) is 0 Å². The van der Waals surface area contributed by atoms with E-state index in [1.165, 1.54) is 53.9 Å². The van der Waals surface area contributed by atoms with Crippen LogP contribution in [0.2, 0.25) is 0 Å². The first-order valence-electron chi connectivity index (χ1n) is 9.86. The first kappa shape index (κ1) is 24.1. The number of amides is 1. The molecule has 1 aliphatic rings. The number of nitrogens with one attached hydrogen (secondary N) is 2. The molecule has 0 unspecified atom stereocenters. The third-order valence-corrected chi connectivity index (χ3v) is 8.24. The topological polar surface area (TPSA) is 131 Å². The molecule has 2 aromatic rings. The largest absolute Gasteiger partial charge is 0.496 e. The van der Waals surface area contributed by atoms with Crippen LogP contribution >= 0.6 is 0 Å². The molecule has 2 N–H and O–H groups in total. The zero-order valence-electron chi connectivity index (χ0n) is 17.7. The van der Waals surface area contributed by atoms with Crippen LogP contribution < -0.4 is 14.8 Å². The molecule has 0 atom stereocenters. The molecule has 0 spiro atoms. The molecule has 32 heavy (non-hydrogen) atoms. The van der Waals surface area contributed by atoms with Gasteiger partial charge in [-0.05, 0) is 42.5 Å². The molecule has 1 heterocycles. The lowest BCUT2D eigenvalue weighted by molar-refractivity contribution is 0.0730. The van der Waals surface area contributed by atoms with Gasteiger partial charge in [-0.2, -0.15) is 4.31 Å². The molecule has 0 bridgehead atoms. The number of methoxy groups -OCH3 is 1. The molecular weight excluding hydrogens is 458 g/mol. The standard InChI is InChI=1S/C20H25N3O7S2/c1-3-21-31(25,26)17-8-9-19(29-2)18(14-17)20(24)22-15-4-6-16(7-5-15)32(27,28)23-10-12-30-13-11-23/h4-9,14,21H,3,10-13H2,1-2H3,(H,22,24). The van der Waals surface area contributed by atoms with E-state index in [0.29, 0.717) is 18.9 Å². The lowest BCUT2D eigenvalue weighted by Gasteiger charge is -2.26. The van der Waals surface area contributed by atoms with Crippen LogP contribution in [0.3, 0.4) is 0 Å². The van der Waals surface area contributed by atoms with E-state index in [1.807, 2.05) is 0 Å². The molecule has 3 rings (SSSR count). The number of hydrogen-bond acceptors (Lipinski definition) is 7. The Labute approximate surface area is 187 Å². The number of nitrogens with zero attached hydrogens (tertiary/aromatic N) is 1. The fourth-order valence-corrected chi connectivity index (χ4v) is 5.62.